The molecule has 0 bridgehead atoms. The molecule has 1 N–H and O–H groups in total. The molecule has 0 saturated carbocycles. The van der Waals surface area contributed by atoms with E-state index in [0.29, 0.717) is 19.6 Å². The van der Waals surface area contributed by atoms with Gasteiger partial charge in [-0.15, -0.1) is 0 Å². The molecule has 8 heteroatoms. The number of anilines is 1. The third kappa shape index (κ3) is 3.02. The second-order valence-corrected chi connectivity index (χ2v) is 4.73. The first kappa shape index (κ1) is 13.4. The average molecular weight is 282 g/mol. The summed E-state index contributed by atoms with van der Waals surface area (Å²) >= 11 is 5.49. The van der Waals surface area contributed by atoms with E-state index in [2.05, 4.69) is 15.3 Å². The minimum Gasteiger partial charge on any atom is -0.379 e. The monoisotopic (exact) mass is 281 g/mol. The smallest absolute Gasteiger partial charge is 0.379 e. The normalized spacial score (nSPS) is 24.3. The molecule has 0 amide bonds. The highest BCUT2D eigenvalue weighted by Gasteiger charge is 2.35. The number of rotatable bonds is 2. The zero-order valence-corrected chi connectivity index (χ0v) is 10.3. The number of alkyl halides is 3. The van der Waals surface area contributed by atoms with Gasteiger partial charge in [0.05, 0.1) is 12.1 Å². The lowest BCUT2D eigenvalue weighted by Crippen LogP contribution is -2.35. The zero-order valence-electron chi connectivity index (χ0n) is 9.51. The van der Waals surface area contributed by atoms with Gasteiger partial charge in [0.1, 0.15) is 5.82 Å². The van der Waals surface area contributed by atoms with Crippen molar-refractivity contribution in [3.8, 4) is 0 Å². The number of hydrogen-bond acceptors (Lipinski definition) is 4. The lowest BCUT2D eigenvalue weighted by molar-refractivity contribution is -0.141. The maximum atomic E-state index is 12.6. The van der Waals surface area contributed by atoms with Gasteiger partial charge >= 0.3 is 6.18 Å². The zero-order chi connectivity index (χ0) is 13.4. The van der Waals surface area contributed by atoms with E-state index in [4.69, 9.17) is 16.3 Å². The molecule has 18 heavy (non-hydrogen) atoms. The Morgan fingerprint density at radius 1 is 1.44 bits per heavy atom. The van der Waals surface area contributed by atoms with E-state index in [9.17, 15) is 13.2 Å². The van der Waals surface area contributed by atoms with Crippen molar-refractivity contribution < 1.29 is 17.9 Å². The lowest BCUT2D eigenvalue weighted by atomic mass is 10.0. The molecule has 0 aromatic carbocycles. The van der Waals surface area contributed by atoms with E-state index in [-0.39, 0.29) is 5.82 Å². The van der Waals surface area contributed by atoms with E-state index >= 15 is 0 Å². The molecule has 1 atom stereocenters. The largest absolute Gasteiger partial charge is 0.433 e. The Morgan fingerprint density at radius 3 is 2.72 bits per heavy atom. The van der Waals surface area contributed by atoms with Gasteiger partial charge in [-0.25, -0.2) is 9.97 Å². The van der Waals surface area contributed by atoms with Gasteiger partial charge in [-0.2, -0.15) is 13.2 Å². The third-order valence-electron chi connectivity index (χ3n) is 2.64. The molecular formula is C10H11ClF3N3O. The van der Waals surface area contributed by atoms with Gasteiger partial charge in [-0.1, -0.05) is 0 Å². The Bertz CT molecular complexity index is 446. The van der Waals surface area contributed by atoms with Gasteiger partial charge in [0.15, 0.2) is 5.69 Å². The van der Waals surface area contributed by atoms with Crippen LogP contribution in [0.25, 0.3) is 0 Å². The van der Waals surface area contributed by atoms with Gasteiger partial charge < -0.3 is 10.1 Å². The molecule has 1 aromatic rings. The van der Waals surface area contributed by atoms with Crippen molar-refractivity contribution in [3.63, 3.8) is 0 Å². The van der Waals surface area contributed by atoms with E-state index in [1.165, 1.54) is 0 Å². The van der Waals surface area contributed by atoms with Gasteiger partial charge in [-0.3, -0.25) is 0 Å². The predicted molar refractivity (Wildman–Crippen MR) is 59.5 cm³/mol. The quantitative estimate of drug-likeness (QED) is 0.847. The third-order valence-corrected chi connectivity index (χ3v) is 2.81. The highest BCUT2D eigenvalue weighted by Crippen LogP contribution is 2.31. The van der Waals surface area contributed by atoms with Crippen molar-refractivity contribution in [3.05, 3.63) is 17.0 Å². The highest BCUT2D eigenvalue weighted by atomic mass is 35.5. The average Bonchev–Trinajstić information content (AvgIpc) is 2.62. The maximum absolute atomic E-state index is 12.6. The van der Waals surface area contributed by atoms with Crippen LogP contribution in [0.15, 0.2) is 6.07 Å². The molecule has 1 fully saturated rings. The summed E-state index contributed by atoms with van der Waals surface area (Å²) in [6.07, 6.45) is -3.86. The van der Waals surface area contributed by atoms with Crippen LogP contribution in [-0.4, -0.2) is 28.7 Å². The fourth-order valence-corrected chi connectivity index (χ4v) is 1.88. The molecule has 2 rings (SSSR count). The van der Waals surface area contributed by atoms with Crippen LogP contribution in [0.5, 0.6) is 0 Å². The Kier molecular flexibility index (Phi) is 3.37. The Balaban J connectivity index is 2.25. The number of halogens is 4. The molecule has 100 valence electrons. The molecule has 1 unspecified atom stereocenters. The van der Waals surface area contributed by atoms with Crippen LogP contribution in [0.3, 0.4) is 0 Å². The molecule has 2 heterocycles. The van der Waals surface area contributed by atoms with E-state index in [1.54, 1.807) is 0 Å². The molecule has 4 nitrogen and oxygen atoms in total. The Morgan fingerprint density at radius 2 is 2.17 bits per heavy atom. The molecular weight excluding hydrogens is 271 g/mol. The number of aromatic nitrogens is 2. The lowest BCUT2D eigenvalue weighted by Gasteiger charge is -2.24. The van der Waals surface area contributed by atoms with Crippen molar-refractivity contribution in [1.29, 1.82) is 0 Å². The second kappa shape index (κ2) is 4.55. The maximum Gasteiger partial charge on any atom is 0.433 e. The van der Waals surface area contributed by atoms with E-state index in [1.807, 2.05) is 6.92 Å². The van der Waals surface area contributed by atoms with E-state index in [0.717, 1.165) is 6.07 Å². The minimum atomic E-state index is -4.55. The van der Waals surface area contributed by atoms with Crippen LogP contribution >= 0.6 is 11.6 Å². The van der Waals surface area contributed by atoms with Crippen LogP contribution in [0, 0.1) is 0 Å². The van der Waals surface area contributed by atoms with Gasteiger partial charge in [0.2, 0.25) is 5.28 Å². The Labute approximate surface area is 107 Å². The molecule has 1 saturated heterocycles. The molecule has 1 aliphatic heterocycles. The summed E-state index contributed by atoms with van der Waals surface area (Å²) in [5.74, 6) is 0.0512. The van der Waals surface area contributed by atoms with Crippen LogP contribution in [0.2, 0.25) is 5.28 Å². The topological polar surface area (TPSA) is 47.0 Å². The standard InChI is InChI=1S/C10H11ClF3N3O/c1-9(2-3-18-5-9)17-7-4-6(10(12,13)14)15-8(11)16-7/h4H,2-3,5H2,1H3,(H,15,16,17). The van der Waals surface area contributed by atoms with Crippen molar-refractivity contribution in [2.75, 3.05) is 18.5 Å². The SMILES string of the molecule is CC1(Nc2cc(C(F)(F)F)nc(Cl)n2)CCOC1. The van der Waals surface area contributed by atoms with Gasteiger partial charge in [-0.05, 0) is 24.9 Å². The molecule has 1 aliphatic rings. The molecule has 0 radical (unpaired) electrons. The predicted octanol–water partition coefficient (Wildman–Crippen LogP) is 2.74. The van der Waals surface area contributed by atoms with Crippen LogP contribution in [0.4, 0.5) is 19.0 Å². The molecule has 0 aliphatic carbocycles. The number of hydrogen-bond donors (Lipinski definition) is 1. The molecule has 1 aromatic heterocycles. The first-order valence-corrected chi connectivity index (χ1v) is 5.64. The second-order valence-electron chi connectivity index (χ2n) is 4.39. The van der Waals surface area contributed by atoms with Crippen molar-refractivity contribution in [2.45, 2.75) is 25.1 Å². The first-order valence-electron chi connectivity index (χ1n) is 5.26. The summed E-state index contributed by atoms with van der Waals surface area (Å²) in [4.78, 5) is 6.90. The van der Waals surface area contributed by atoms with Gasteiger partial charge in [0, 0.05) is 12.7 Å². The van der Waals surface area contributed by atoms with Crippen molar-refractivity contribution >= 4 is 17.4 Å². The summed E-state index contributed by atoms with van der Waals surface area (Å²) < 4.78 is 42.9. The summed E-state index contributed by atoms with van der Waals surface area (Å²) in [6.45, 7) is 2.83. The number of nitrogens with zero attached hydrogens (tertiary/aromatic N) is 2. The first-order chi connectivity index (χ1) is 8.28. The minimum absolute atomic E-state index is 0.0512. The Hall–Kier alpha value is -1.08. The number of ether oxygens (including phenoxy) is 1. The van der Waals surface area contributed by atoms with Crippen LogP contribution in [-0.2, 0) is 10.9 Å². The summed E-state index contributed by atoms with van der Waals surface area (Å²) in [5, 5.41) is 2.47. The van der Waals surface area contributed by atoms with Crippen molar-refractivity contribution in [2.24, 2.45) is 0 Å². The van der Waals surface area contributed by atoms with Crippen molar-refractivity contribution in [1.82, 2.24) is 9.97 Å². The number of nitrogens with one attached hydrogen (secondary N) is 1. The fraction of sp³-hybridized carbons (Fsp3) is 0.600. The fourth-order valence-electron chi connectivity index (χ4n) is 1.70. The van der Waals surface area contributed by atoms with Gasteiger partial charge in [0.25, 0.3) is 0 Å². The van der Waals surface area contributed by atoms with Crippen LogP contribution < -0.4 is 5.32 Å². The van der Waals surface area contributed by atoms with Crippen LogP contribution in [0.1, 0.15) is 19.0 Å². The van der Waals surface area contributed by atoms with E-state index < -0.39 is 22.7 Å². The summed E-state index contributed by atoms with van der Waals surface area (Å²) in [5.41, 5.74) is -1.49. The summed E-state index contributed by atoms with van der Waals surface area (Å²) in [6, 6.07) is 0.843. The molecule has 0 spiro atoms. The summed E-state index contributed by atoms with van der Waals surface area (Å²) in [7, 11) is 0. The highest BCUT2D eigenvalue weighted by molar-refractivity contribution is 6.28.